The van der Waals surface area contributed by atoms with Crippen LogP contribution in [0.5, 0.6) is 0 Å². The van der Waals surface area contributed by atoms with Crippen molar-refractivity contribution in [1.29, 1.82) is 0 Å². The van der Waals surface area contributed by atoms with E-state index < -0.39 is 9.84 Å². The van der Waals surface area contributed by atoms with E-state index in [-0.39, 0.29) is 11.6 Å². The molecule has 0 unspecified atom stereocenters. The Labute approximate surface area is 88.0 Å². The molecule has 0 atom stereocenters. The quantitative estimate of drug-likeness (QED) is 0.706. The fraction of sp³-hybridized carbons (Fsp3) is 0.500. The Kier molecular flexibility index (Phi) is 2.47. The number of hydrogen-bond donors (Lipinski definition) is 1. The monoisotopic (exact) mass is 228 g/mol. The fourth-order valence-electron chi connectivity index (χ4n) is 1.51. The normalized spacial score (nSPS) is 20.1. The van der Waals surface area contributed by atoms with Crippen LogP contribution >= 0.6 is 0 Å². The van der Waals surface area contributed by atoms with Gasteiger partial charge in [0, 0.05) is 12.7 Å². The number of nitrogens with two attached hydrogens (primary N) is 1. The molecule has 0 spiro atoms. The average molecular weight is 228 g/mol. The van der Waals surface area contributed by atoms with Crippen molar-refractivity contribution in [2.24, 2.45) is 0 Å². The highest BCUT2D eigenvalue weighted by Gasteiger charge is 2.24. The van der Waals surface area contributed by atoms with Crippen LogP contribution in [0.3, 0.4) is 0 Å². The van der Waals surface area contributed by atoms with Gasteiger partial charge in [-0.25, -0.2) is 13.4 Å². The molecular formula is C8H12N4O2S. The van der Waals surface area contributed by atoms with Crippen LogP contribution in [0.1, 0.15) is 6.42 Å². The molecule has 2 rings (SSSR count). The van der Waals surface area contributed by atoms with Crippen molar-refractivity contribution in [3.8, 4) is 0 Å². The lowest BCUT2D eigenvalue weighted by atomic mass is 10.4. The maximum atomic E-state index is 11.4. The van der Waals surface area contributed by atoms with Crippen molar-refractivity contribution in [1.82, 2.24) is 9.97 Å². The summed E-state index contributed by atoms with van der Waals surface area (Å²) in [5, 5.41) is 0. The molecule has 82 valence electrons. The zero-order valence-electron chi connectivity index (χ0n) is 8.13. The maximum absolute atomic E-state index is 11.4. The zero-order chi connectivity index (χ0) is 10.9. The van der Waals surface area contributed by atoms with Crippen LogP contribution in [0.4, 0.5) is 11.8 Å². The van der Waals surface area contributed by atoms with Gasteiger partial charge in [0.25, 0.3) is 0 Å². The molecule has 1 saturated heterocycles. The van der Waals surface area contributed by atoms with Crippen LogP contribution in [-0.4, -0.2) is 36.6 Å². The Bertz CT molecular complexity index is 459. The predicted molar refractivity (Wildman–Crippen MR) is 57.1 cm³/mol. The third-order valence-electron chi connectivity index (χ3n) is 2.18. The summed E-state index contributed by atoms with van der Waals surface area (Å²) in [7, 11) is -2.99. The first-order chi connectivity index (χ1) is 7.07. The van der Waals surface area contributed by atoms with Crippen molar-refractivity contribution in [3.05, 3.63) is 12.3 Å². The molecule has 1 fully saturated rings. The fourth-order valence-corrected chi connectivity index (χ4v) is 2.93. The van der Waals surface area contributed by atoms with Crippen LogP contribution in [0.25, 0.3) is 0 Å². The van der Waals surface area contributed by atoms with E-state index in [9.17, 15) is 8.42 Å². The molecular weight excluding hydrogens is 216 g/mol. The van der Waals surface area contributed by atoms with Gasteiger partial charge in [-0.1, -0.05) is 0 Å². The second kappa shape index (κ2) is 3.65. The largest absolute Gasteiger partial charge is 0.384 e. The van der Waals surface area contributed by atoms with Crippen molar-refractivity contribution < 1.29 is 8.42 Å². The first kappa shape index (κ1) is 10.2. The molecule has 1 aromatic heterocycles. The summed E-state index contributed by atoms with van der Waals surface area (Å²) in [6.07, 6.45) is 2.14. The van der Waals surface area contributed by atoms with Gasteiger partial charge in [0.05, 0.1) is 5.75 Å². The van der Waals surface area contributed by atoms with Gasteiger partial charge in [0.2, 0.25) is 5.95 Å². The second-order valence-corrected chi connectivity index (χ2v) is 5.63. The number of anilines is 2. The molecule has 0 aliphatic carbocycles. The number of nitrogen functional groups attached to an aromatic ring is 1. The van der Waals surface area contributed by atoms with Crippen LogP contribution in [0.15, 0.2) is 12.3 Å². The Hall–Kier alpha value is -1.37. The number of hydrogen-bond acceptors (Lipinski definition) is 6. The predicted octanol–water partition coefficient (Wildman–Crippen LogP) is -0.359. The Morgan fingerprint density at radius 1 is 1.47 bits per heavy atom. The Morgan fingerprint density at radius 2 is 2.27 bits per heavy atom. The summed E-state index contributed by atoms with van der Waals surface area (Å²) in [5.41, 5.74) is 5.51. The lowest BCUT2D eigenvalue weighted by Gasteiger charge is -2.26. The molecule has 1 aromatic rings. The van der Waals surface area contributed by atoms with E-state index in [2.05, 4.69) is 9.97 Å². The van der Waals surface area contributed by atoms with Gasteiger partial charge in [-0.05, 0) is 12.5 Å². The highest BCUT2D eigenvalue weighted by Crippen LogP contribution is 2.15. The van der Waals surface area contributed by atoms with Gasteiger partial charge in [0.1, 0.15) is 11.7 Å². The van der Waals surface area contributed by atoms with Crippen molar-refractivity contribution in [3.63, 3.8) is 0 Å². The highest BCUT2D eigenvalue weighted by atomic mass is 32.2. The molecule has 2 heterocycles. The topological polar surface area (TPSA) is 89.2 Å². The summed E-state index contributed by atoms with van der Waals surface area (Å²) in [6.45, 7) is 0.655. The molecule has 1 aliphatic heterocycles. The summed E-state index contributed by atoms with van der Waals surface area (Å²) >= 11 is 0. The first-order valence-electron chi connectivity index (χ1n) is 4.61. The van der Waals surface area contributed by atoms with Gasteiger partial charge < -0.3 is 10.6 Å². The first-order valence-corrected chi connectivity index (χ1v) is 6.43. The van der Waals surface area contributed by atoms with Crippen LogP contribution < -0.4 is 10.6 Å². The van der Waals surface area contributed by atoms with Crippen LogP contribution in [0.2, 0.25) is 0 Å². The van der Waals surface area contributed by atoms with E-state index in [1.54, 1.807) is 11.0 Å². The third-order valence-corrected chi connectivity index (χ3v) is 3.80. The molecule has 7 heteroatoms. The lowest BCUT2D eigenvalue weighted by Crippen LogP contribution is -2.38. The van der Waals surface area contributed by atoms with Gasteiger partial charge >= 0.3 is 0 Å². The van der Waals surface area contributed by atoms with Gasteiger partial charge in [0.15, 0.2) is 9.84 Å². The summed E-state index contributed by atoms with van der Waals surface area (Å²) in [6, 6.07) is 1.57. The van der Waals surface area contributed by atoms with E-state index >= 15 is 0 Å². The van der Waals surface area contributed by atoms with Gasteiger partial charge in [-0.2, -0.15) is 4.98 Å². The molecule has 1 aliphatic rings. The lowest BCUT2D eigenvalue weighted by molar-refractivity contribution is 0.580. The third kappa shape index (κ3) is 2.35. The molecule has 0 amide bonds. The van der Waals surface area contributed by atoms with E-state index in [0.717, 1.165) is 0 Å². The molecule has 0 radical (unpaired) electrons. The van der Waals surface area contributed by atoms with E-state index in [1.807, 2.05) is 0 Å². The molecule has 6 nitrogen and oxygen atoms in total. The Morgan fingerprint density at radius 3 is 2.93 bits per heavy atom. The van der Waals surface area contributed by atoms with Crippen molar-refractivity contribution in [2.75, 3.05) is 28.8 Å². The van der Waals surface area contributed by atoms with Gasteiger partial charge in [-0.15, -0.1) is 0 Å². The highest BCUT2D eigenvalue weighted by molar-refractivity contribution is 7.91. The molecule has 2 N–H and O–H groups in total. The summed E-state index contributed by atoms with van der Waals surface area (Å²) in [4.78, 5) is 9.62. The van der Waals surface area contributed by atoms with E-state index in [1.165, 1.54) is 6.20 Å². The minimum Gasteiger partial charge on any atom is -0.384 e. The van der Waals surface area contributed by atoms with Gasteiger partial charge in [-0.3, -0.25) is 0 Å². The van der Waals surface area contributed by atoms with E-state index in [4.69, 9.17) is 5.73 Å². The molecule has 0 aromatic carbocycles. The number of nitrogens with zero attached hydrogens (tertiary/aromatic N) is 3. The van der Waals surface area contributed by atoms with Crippen molar-refractivity contribution >= 4 is 21.6 Å². The van der Waals surface area contributed by atoms with Crippen molar-refractivity contribution in [2.45, 2.75) is 6.42 Å². The smallest absolute Gasteiger partial charge is 0.228 e. The second-order valence-electron chi connectivity index (χ2n) is 3.48. The number of aromatic nitrogens is 2. The summed E-state index contributed by atoms with van der Waals surface area (Å²) in [5.74, 6) is 0.962. The Balaban J connectivity index is 2.24. The van der Waals surface area contributed by atoms with E-state index in [0.29, 0.717) is 24.7 Å². The summed E-state index contributed by atoms with van der Waals surface area (Å²) < 4.78 is 22.8. The zero-order valence-corrected chi connectivity index (χ0v) is 8.94. The molecule has 15 heavy (non-hydrogen) atoms. The molecule has 0 saturated carbocycles. The average Bonchev–Trinajstić information content (AvgIpc) is 2.16. The standard InChI is InChI=1S/C8H12N4O2S/c9-7-2-3-10-8(11-7)12-4-1-5-15(13,14)6-12/h2-3H,1,4-6H2,(H2,9,10,11). The van der Waals surface area contributed by atoms with Crippen LogP contribution in [-0.2, 0) is 9.84 Å². The minimum atomic E-state index is -2.99. The van der Waals surface area contributed by atoms with Crippen LogP contribution in [0, 0.1) is 0 Å². The molecule has 0 bridgehead atoms. The minimum absolute atomic E-state index is 0.0174. The SMILES string of the molecule is Nc1ccnc(N2CCCS(=O)(=O)C2)n1. The maximum Gasteiger partial charge on any atom is 0.228 e. The number of rotatable bonds is 1. The number of sulfone groups is 1.